The molecule has 8 heteroatoms. The van der Waals surface area contributed by atoms with Crippen LogP contribution < -0.4 is 16.4 Å². The highest BCUT2D eigenvalue weighted by molar-refractivity contribution is 6.32. The first kappa shape index (κ1) is 17.2. The van der Waals surface area contributed by atoms with Crippen LogP contribution in [0.3, 0.4) is 0 Å². The molecule has 1 aliphatic heterocycles. The number of carbonyl (C=O) groups is 2. The van der Waals surface area contributed by atoms with E-state index in [2.05, 4.69) is 10.6 Å². The molecule has 0 fully saturated rings. The lowest BCUT2D eigenvalue weighted by molar-refractivity contribution is -0.385. The molecule has 26 heavy (non-hydrogen) atoms. The second kappa shape index (κ2) is 6.32. The SMILES string of the molecule is CC(Nc1ccc(C)c([N+](=O)[O-])c1)=C1C(=O)Nc2cc(C(N)=O)ccc21. The first-order valence-corrected chi connectivity index (χ1v) is 7.76. The van der Waals surface area contributed by atoms with Crippen LogP contribution in [0.15, 0.2) is 42.1 Å². The largest absolute Gasteiger partial charge is 0.366 e. The van der Waals surface area contributed by atoms with Gasteiger partial charge >= 0.3 is 0 Å². The Kier molecular flexibility index (Phi) is 4.17. The molecule has 0 aliphatic carbocycles. The van der Waals surface area contributed by atoms with E-state index in [4.69, 9.17) is 5.73 Å². The van der Waals surface area contributed by atoms with Gasteiger partial charge < -0.3 is 16.4 Å². The highest BCUT2D eigenvalue weighted by atomic mass is 16.6. The third-order valence-corrected chi connectivity index (χ3v) is 4.16. The van der Waals surface area contributed by atoms with E-state index in [1.54, 1.807) is 38.1 Å². The molecule has 0 unspecified atom stereocenters. The molecule has 0 atom stereocenters. The standard InChI is InChI=1S/C18H16N4O4/c1-9-3-5-12(8-15(9)22(25)26)20-10(2)16-13-6-4-11(17(19)23)7-14(13)21-18(16)24/h3-8,20H,1-2H3,(H2,19,23)(H,21,24). The second-order valence-electron chi connectivity index (χ2n) is 5.96. The summed E-state index contributed by atoms with van der Waals surface area (Å²) in [6.45, 7) is 3.36. The number of nitrogens with one attached hydrogen (secondary N) is 2. The number of nitro benzene ring substituents is 1. The lowest BCUT2D eigenvalue weighted by Crippen LogP contribution is -2.11. The van der Waals surface area contributed by atoms with Crippen LogP contribution in [-0.2, 0) is 4.79 Å². The van der Waals surface area contributed by atoms with Crippen molar-refractivity contribution in [2.75, 3.05) is 10.6 Å². The Morgan fingerprint density at radius 3 is 2.62 bits per heavy atom. The first-order chi connectivity index (χ1) is 12.3. The van der Waals surface area contributed by atoms with Gasteiger partial charge in [0.2, 0.25) is 5.91 Å². The molecule has 3 rings (SSSR count). The van der Waals surface area contributed by atoms with Gasteiger partial charge in [-0.1, -0.05) is 12.1 Å². The minimum Gasteiger partial charge on any atom is -0.366 e. The van der Waals surface area contributed by atoms with Crippen molar-refractivity contribution in [2.24, 2.45) is 5.73 Å². The van der Waals surface area contributed by atoms with E-state index in [-0.39, 0.29) is 11.6 Å². The molecule has 0 spiro atoms. The molecule has 2 aromatic carbocycles. The third kappa shape index (κ3) is 3.00. The number of anilines is 2. The van der Waals surface area contributed by atoms with Crippen LogP contribution in [0, 0.1) is 17.0 Å². The number of allylic oxidation sites excluding steroid dienone is 1. The molecular weight excluding hydrogens is 336 g/mol. The quantitative estimate of drug-likeness (QED) is 0.443. The summed E-state index contributed by atoms with van der Waals surface area (Å²) < 4.78 is 0. The molecule has 1 aliphatic rings. The zero-order valence-corrected chi connectivity index (χ0v) is 14.1. The van der Waals surface area contributed by atoms with Crippen molar-refractivity contribution in [3.05, 3.63) is 68.9 Å². The van der Waals surface area contributed by atoms with Crippen LogP contribution in [0.4, 0.5) is 17.1 Å². The van der Waals surface area contributed by atoms with Gasteiger partial charge in [-0.25, -0.2) is 0 Å². The Balaban J connectivity index is 1.99. The molecule has 8 nitrogen and oxygen atoms in total. The maximum Gasteiger partial charge on any atom is 0.274 e. The maximum atomic E-state index is 12.3. The molecule has 0 aromatic heterocycles. The molecule has 2 amide bonds. The minimum absolute atomic E-state index is 0.00447. The normalized spacial score (nSPS) is 14.5. The van der Waals surface area contributed by atoms with Gasteiger partial charge in [0.25, 0.3) is 11.6 Å². The number of amides is 2. The summed E-state index contributed by atoms with van der Waals surface area (Å²) in [7, 11) is 0. The van der Waals surface area contributed by atoms with Crippen molar-refractivity contribution in [3.8, 4) is 0 Å². The van der Waals surface area contributed by atoms with Gasteiger partial charge in [-0.3, -0.25) is 19.7 Å². The molecule has 132 valence electrons. The molecule has 0 radical (unpaired) electrons. The molecule has 4 N–H and O–H groups in total. The Morgan fingerprint density at radius 2 is 1.96 bits per heavy atom. The summed E-state index contributed by atoms with van der Waals surface area (Å²) >= 11 is 0. The number of aryl methyl sites for hydroxylation is 1. The zero-order chi connectivity index (χ0) is 19.0. The van der Waals surface area contributed by atoms with E-state index in [0.717, 1.165) is 0 Å². The van der Waals surface area contributed by atoms with Gasteiger partial charge in [-0.05, 0) is 32.0 Å². The van der Waals surface area contributed by atoms with Crippen LogP contribution >= 0.6 is 0 Å². The van der Waals surface area contributed by atoms with E-state index < -0.39 is 10.8 Å². The first-order valence-electron chi connectivity index (χ1n) is 7.76. The van der Waals surface area contributed by atoms with Gasteiger partial charge in [0, 0.05) is 39.8 Å². The lowest BCUT2D eigenvalue weighted by Gasteiger charge is -2.10. The molecule has 2 aromatic rings. The predicted octanol–water partition coefficient (Wildman–Crippen LogP) is 2.80. The van der Waals surface area contributed by atoms with Crippen molar-refractivity contribution in [1.29, 1.82) is 0 Å². The fourth-order valence-corrected chi connectivity index (χ4v) is 2.86. The predicted molar refractivity (Wildman–Crippen MR) is 97.6 cm³/mol. The van der Waals surface area contributed by atoms with Crippen molar-refractivity contribution < 1.29 is 14.5 Å². The van der Waals surface area contributed by atoms with Crippen LogP contribution in [0.25, 0.3) is 5.57 Å². The Bertz CT molecular complexity index is 995. The number of rotatable bonds is 4. The number of primary amides is 1. The van der Waals surface area contributed by atoms with Crippen molar-refractivity contribution in [1.82, 2.24) is 0 Å². The van der Waals surface area contributed by atoms with Gasteiger partial charge in [-0.2, -0.15) is 0 Å². The maximum absolute atomic E-state index is 12.3. The van der Waals surface area contributed by atoms with E-state index in [1.165, 1.54) is 12.1 Å². The summed E-state index contributed by atoms with van der Waals surface area (Å²) in [6.07, 6.45) is 0. The van der Waals surface area contributed by atoms with E-state index >= 15 is 0 Å². The van der Waals surface area contributed by atoms with E-state index in [1.807, 2.05) is 0 Å². The number of nitrogens with two attached hydrogens (primary N) is 1. The number of nitro groups is 1. The monoisotopic (exact) mass is 352 g/mol. The van der Waals surface area contributed by atoms with Gasteiger partial charge in [0.1, 0.15) is 0 Å². The summed E-state index contributed by atoms with van der Waals surface area (Å²) in [5.41, 5.74) is 8.67. The van der Waals surface area contributed by atoms with E-state index in [9.17, 15) is 19.7 Å². The fraction of sp³-hybridized carbons (Fsp3) is 0.111. The average Bonchev–Trinajstić information content (AvgIpc) is 2.91. The number of nitrogens with zero attached hydrogens (tertiary/aromatic N) is 1. The average molecular weight is 352 g/mol. The summed E-state index contributed by atoms with van der Waals surface area (Å²) in [6, 6.07) is 9.48. The second-order valence-corrected chi connectivity index (χ2v) is 5.96. The van der Waals surface area contributed by atoms with Crippen LogP contribution in [0.1, 0.15) is 28.4 Å². The highest BCUT2D eigenvalue weighted by Crippen LogP contribution is 2.35. The van der Waals surface area contributed by atoms with Gasteiger partial charge in [-0.15, -0.1) is 0 Å². The molecule has 0 saturated heterocycles. The smallest absolute Gasteiger partial charge is 0.274 e. The Hall–Kier alpha value is -3.68. The van der Waals surface area contributed by atoms with Crippen LogP contribution in [0.5, 0.6) is 0 Å². The van der Waals surface area contributed by atoms with E-state index in [0.29, 0.717) is 39.3 Å². The van der Waals surface area contributed by atoms with Gasteiger partial charge in [0.15, 0.2) is 0 Å². The molecule has 1 heterocycles. The Labute approximate surface area is 148 Å². The number of carbonyl (C=O) groups excluding carboxylic acids is 2. The summed E-state index contributed by atoms with van der Waals surface area (Å²) in [5, 5.41) is 16.8. The minimum atomic E-state index is -0.582. The highest BCUT2D eigenvalue weighted by Gasteiger charge is 2.27. The lowest BCUT2D eigenvalue weighted by atomic mass is 10.0. The molecular formula is C18H16N4O4. The van der Waals surface area contributed by atoms with Crippen LogP contribution in [-0.4, -0.2) is 16.7 Å². The summed E-state index contributed by atoms with van der Waals surface area (Å²) in [4.78, 5) is 34.3. The number of fused-ring (bicyclic) bond motifs is 1. The van der Waals surface area contributed by atoms with Crippen molar-refractivity contribution in [3.63, 3.8) is 0 Å². The molecule has 0 saturated carbocycles. The van der Waals surface area contributed by atoms with Crippen LogP contribution in [0.2, 0.25) is 0 Å². The van der Waals surface area contributed by atoms with Crippen molar-refractivity contribution >= 4 is 34.4 Å². The third-order valence-electron chi connectivity index (χ3n) is 4.16. The topological polar surface area (TPSA) is 127 Å². The Morgan fingerprint density at radius 1 is 1.23 bits per heavy atom. The summed E-state index contributed by atoms with van der Waals surface area (Å²) in [5.74, 6) is -0.908. The molecule has 0 bridgehead atoms. The number of benzene rings is 2. The van der Waals surface area contributed by atoms with Gasteiger partial charge in [0.05, 0.1) is 10.5 Å². The van der Waals surface area contributed by atoms with Crippen molar-refractivity contribution in [2.45, 2.75) is 13.8 Å². The fourth-order valence-electron chi connectivity index (χ4n) is 2.86. The number of hydrogen-bond acceptors (Lipinski definition) is 5. The zero-order valence-electron chi connectivity index (χ0n) is 14.1. The number of hydrogen-bond donors (Lipinski definition) is 3.